The number of furan rings is 1. The van der Waals surface area contributed by atoms with Crippen molar-refractivity contribution in [3.05, 3.63) is 48.7 Å². The lowest BCUT2D eigenvalue weighted by Crippen LogP contribution is -2.39. The van der Waals surface area contributed by atoms with Gasteiger partial charge in [0.15, 0.2) is 5.76 Å². The van der Waals surface area contributed by atoms with E-state index >= 15 is 0 Å². The topological polar surface area (TPSA) is 76.6 Å². The SMILES string of the molecule is CC1CC(C)CN(c2oc(-c3ccco3)nc2S(=O)(=O)c2ccccc2)C1. The Bertz CT molecular complexity index is 1000. The van der Waals surface area contributed by atoms with Crippen LogP contribution in [0.15, 0.2) is 67.5 Å². The van der Waals surface area contributed by atoms with Crippen LogP contribution in [0.5, 0.6) is 0 Å². The van der Waals surface area contributed by atoms with Gasteiger partial charge in [-0.3, -0.25) is 0 Å². The van der Waals surface area contributed by atoms with Crippen LogP contribution in [0.4, 0.5) is 5.88 Å². The van der Waals surface area contributed by atoms with Gasteiger partial charge in [-0.05, 0) is 42.5 Å². The molecule has 2 unspecified atom stereocenters. The first-order valence-corrected chi connectivity index (χ1v) is 10.5. The van der Waals surface area contributed by atoms with Crippen molar-refractivity contribution < 1.29 is 17.3 Å². The van der Waals surface area contributed by atoms with Crippen LogP contribution < -0.4 is 4.90 Å². The van der Waals surface area contributed by atoms with Crippen molar-refractivity contribution in [1.82, 2.24) is 4.98 Å². The molecule has 0 aliphatic carbocycles. The first-order chi connectivity index (χ1) is 12.9. The van der Waals surface area contributed by atoms with Gasteiger partial charge in [0.2, 0.25) is 20.7 Å². The van der Waals surface area contributed by atoms with E-state index in [4.69, 9.17) is 8.83 Å². The number of nitrogens with zero attached hydrogens (tertiary/aromatic N) is 2. The first kappa shape index (κ1) is 17.9. The highest BCUT2D eigenvalue weighted by molar-refractivity contribution is 7.91. The van der Waals surface area contributed by atoms with Crippen LogP contribution in [0, 0.1) is 11.8 Å². The Morgan fingerprint density at radius 3 is 2.37 bits per heavy atom. The van der Waals surface area contributed by atoms with E-state index in [1.165, 1.54) is 6.26 Å². The summed E-state index contributed by atoms with van der Waals surface area (Å²) in [6, 6.07) is 11.7. The van der Waals surface area contributed by atoms with Gasteiger partial charge in [-0.15, -0.1) is 0 Å². The van der Waals surface area contributed by atoms with E-state index in [0.717, 1.165) is 19.5 Å². The predicted octanol–water partition coefficient (Wildman–Crippen LogP) is 4.25. The molecule has 3 heterocycles. The summed E-state index contributed by atoms with van der Waals surface area (Å²) in [5.74, 6) is 1.76. The summed E-state index contributed by atoms with van der Waals surface area (Å²) in [5, 5.41) is -0.0543. The Hall–Kier alpha value is -2.54. The minimum atomic E-state index is -3.81. The minimum absolute atomic E-state index is 0.0543. The fourth-order valence-electron chi connectivity index (χ4n) is 3.72. The fourth-order valence-corrected chi connectivity index (χ4v) is 5.06. The predicted molar refractivity (Wildman–Crippen MR) is 101 cm³/mol. The molecular weight excluding hydrogens is 364 g/mol. The Kier molecular flexibility index (Phi) is 4.55. The molecule has 27 heavy (non-hydrogen) atoms. The fraction of sp³-hybridized carbons (Fsp3) is 0.350. The highest BCUT2D eigenvalue weighted by Gasteiger charge is 2.34. The Labute approximate surface area is 158 Å². The number of piperidine rings is 1. The Morgan fingerprint density at radius 2 is 1.74 bits per heavy atom. The smallest absolute Gasteiger partial charge is 0.266 e. The van der Waals surface area contributed by atoms with E-state index < -0.39 is 9.84 Å². The second-order valence-corrected chi connectivity index (χ2v) is 9.14. The average Bonchev–Trinajstić information content (AvgIpc) is 3.31. The van der Waals surface area contributed by atoms with Crippen LogP contribution in [0.2, 0.25) is 0 Å². The molecule has 7 heteroatoms. The lowest BCUT2D eigenvalue weighted by molar-refractivity contribution is 0.342. The van der Waals surface area contributed by atoms with Crippen molar-refractivity contribution in [3.63, 3.8) is 0 Å². The van der Waals surface area contributed by atoms with Gasteiger partial charge in [0.1, 0.15) is 0 Å². The third-order valence-corrected chi connectivity index (χ3v) is 6.44. The highest BCUT2D eigenvalue weighted by Crippen LogP contribution is 2.37. The number of benzene rings is 1. The normalized spacial score (nSPS) is 20.7. The van der Waals surface area contributed by atoms with Crippen molar-refractivity contribution >= 4 is 15.7 Å². The molecule has 1 aromatic carbocycles. The van der Waals surface area contributed by atoms with Gasteiger partial charge >= 0.3 is 0 Å². The standard InChI is InChI=1S/C20H22N2O4S/c1-14-11-15(2)13-22(12-14)20-19(21-18(26-20)17-9-6-10-25-17)27(23,24)16-7-4-3-5-8-16/h3-10,14-15H,11-13H2,1-2H3. The molecular formula is C20H22N2O4S. The molecule has 142 valence electrons. The quantitative estimate of drug-likeness (QED) is 0.667. The van der Waals surface area contributed by atoms with E-state index in [1.54, 1.807) is 42.5 Å². The summed E-state index contributed by atoms with van der Waals surface area (Å²) in [7, 11) is -3.81. The summed E-state index contributed by atoms with van der Waals surface area (Å²) in [6.07, 6.45) is 2.62. The van der Waals surface area contributed by atoms with Gasteiger partial charge in [-0.1, -0.05) is 32.0 Å². The number of hydrogen-bond acceptors (Lipinski definition) is 6. The zero-order chi connectivity index (χ0) is 19.0. The lowest BCUT2D eigenvalue weighted by atomic mass is 9.92. The van der Waals surface area contributed by atoms with Crippen LogP contribution in [-0.2, 0) is 9.84 Å². The van der Waals surface area contributed by atoms with Gasteiger partial charge in [0.05, 0.1) is 11.2 Å². The maximum Gasteiger partial charge on any atom is 0.266 e. The molecule has 0 N–H and O–H groups in total. The largest absolute Gasteiger partial charge is 0.459 e. The van der Waals surface area contributed by atoms with E-state index in [0.29, 0.717) is 23.5 Å². The van der Waals surface area contributed by atoms with Crippen LogP contribution in [0.25, 0.3) is 11.7 Å². The van der Waals surface area contributed by atoms with Crippen LogP contribution in [0.1, 0.15) is 20.3 Å². The number of hydrogen-bond donors (Lipinski definition) is 0. The molecule has 4 rings (SSSR count). The van der Waals surface area contributed by atoms with Crippen LogP contribution >= 0.6 is 0 Å². The summed E-state index contributed by atoms with van der Waals surface area (Å²) < 4.78 is 37.8. The van der Waals surface area contributed by atoms with Gasteiger partial charge < -0.3 is 13.7 Å². The second kappa shape index (κ2) is 6.88. The van der Waals surface area contributed by atoms with Crippen molar-refractivity contribution in [2.45, 2.75) is 30.2 Å². The van der Waals surface area contributed by atoms with E-state index in [9.17, 15) is 8.42 Å². The van der Waals surface area contributed by atoms with Crippen molar-refractivity contribution in [2.24, 2.45) is 11.8 Å². The van der Waals surface area contributed by atoms with Crippen molar-refractivity contribution in [1.29, 1.82) is 0 Å². The van der Waals surface area contributed by atoms with Gasteiger partial charge in [-0.2, -0.15) is 4.98 Å². The molecule has 0 spiro atoms. The molecule has 1 aliphatic heterocycles. The lowest BCUT2D eigenvalue weighted by Gasteiger charge is -2.34. The number of aromatic nitrogens is 1. The minimum Gasteiger partial charge on any atom is -0.459 e. The summed E-state index contributed by atoms with van der Waals surface area (Å²) in [6.45, 7) is 5.79. The van der Waals surface area contributed by atoms with Crippen LogP contribution in [-0.4, -0.2) is 26.5 Å². The molecule has 0 radical (unpaired) electrons. The third-order valence-electron chi connectivity index (χ3n) is 4.78. The average molecular weight is 386 g/mol. The molecule has 2 aromatic heterocycles. The van der Waals surface area contributed by atoms with E-state index in [1.807, 2.05) is 4.90 Å². The van der Waals surface area contributed by atoms with Crippen molar-refractivity contribution in [2.75, 3.05) is 18.0 Å². The van der Waals surface area contributed by atoms with Gasteiger partial charge in [0, 0.05) is 13.1 Å². The summed E-state index contributed by atoms with van der Waals surface area (Å²) in [4.78, 5) is 6.53. The number of anilines is 1. The molecule has 0 bridgehead atoms. The summed E-state index contributed by atoms with van der Waals surface area (Å²) >= 11 is 0. The zero-order valence-corrected chi connectivity index (χ0v) is 16.1. The molecule has 1 aliphatic rings. The highest BCUT2D eigenvalue weighted by atomic mass is 32.2. The molecule has 6 nitrogen and oxygen atoms in total. The molecule has 2 atom stereocenters. The number of rotatable bonds is 4. The third kappa shape index (κ3) is 3.39. The maximum absolute atomic E-state index is 13.3. The van der Waals surface area contributed by atoms with Gasteiger partial charge in [0.25, 0.3) is 5.89 Å². The Balaban J connectivity index is 1.84. The molecule has 1 saturated heterocycles. The number of sulfone groups is 1. The molecule has 0 saturated carbocycles. The maximum atomic E-state index is 13.3. The van der Waals surface area contributed by atoms with E-state index in [2.05, 4.69) is 18.8 Å². The van der Waals surface area contributed by atoms with Gasteiger partial charge in [-0.25, -0.2) is 8.42 Å². The van der Waals surface area contributed by atoms with Crippen molar-refractivity contribution in [3.8, 4) is 11.7 Å². The van der Waals surface area contributed by atoms with Crippen LogP contribution in [0.3, 0.4) is 0 Å². The Morgan fingerprint density at radius 1 is 1.04 bits per heavy atom. The van der Waals surface area contributed by atoms with E-state index in [-0.39, 0.29) is 15.8 Å². The monoisotopic (exact) mass is 386 g/mol. The second-order valence-electron chi connectivity index (χ2n) is 7.27. The summed E-state index contributed by atoms with van der Waals surface area (Å²) in [5.41, 5.74) is 0. The molecule has 0 amide bonds. The molecule has 3 aromatic rings. The zero-order valence-electron chi connectivity index (χ0n) is 15.3. The molecule has 1 fully saturated rings. The number of oxazole rings is 1. The first-order valence-electron chi connectivity index (χ1n) is 9.05.